The Kier molecular flexibility index (Phi) is 3.25. The molecule has 100 valence electrons. The minimum atomic E-state index is 0.264. The van der Waals surface area contributed by atoms with E-state index in [-0.39, 0.29) is 5.82 Å². The van der Waals surface area contributed by atoms with Crippen LogP contribution in [0.5, 0.6) is 0 Å². The summed E-state index contributed by atoms with van der Waals surface area (Å²) in [7, 11) is 0. The number of halogens is 2. The predicted octanol–water partition coefficient (Wildman–Crippen LogP) is 2.61. The normalized spacial score (nSPS) is 10.7. The highest BCUT2D eigenvalue weighted by molar-refractivity contribution is 6.43. The molecule has 3 aromatic rings. The highest BCUT2D eigenvalue weighted by atomic mass is 35.5. The lowest BCUT2D eigenvalue weighted by atomic mass is 10.3. The maximum Gasteiger partial charge on any atom is 0.190 e. The Hall–Kier alpha value is -2.18. The Morgan fingerprint density at radius 2 is 1.90 bits per heavy atom. The number of hydrogen-bond acceptors (Lipinski definition) is 5. The monoisotopic (exact) mass is 306 g/mol. The molecule has 0 radical (unpaired) electrons. The fourth-order valence-corrected chi connectivity index (χ4v) is 2.16. The van der Waals surface area contributed by atoms with Crippen LogP contribution in [0.2, 0.25) is 10.0 Å². The standard InChI is InChI=1S/C12H8Cl2N6/c13-7-2-1-3-8(9(7)14)20-6-18-19-12(20)10-11(15)17-5-4-16-10/h1-6H,(H2,15,17). The Morgan fingerprint density at radius 3 is 2.70 bits per heavy atom. The van der Waals surface area contributed by atoms with Gasteiger partial charge in [0.05, 0.1) is 15.7 Å². The zero-order chi connectivity index (χ0) is 14.1. The van der Waals surface area contributed by atoms with Gasteiger partial charge >= 0.3 is 0 Å². The maximum atomic E-state index is 6.21. The first-order chi connectivity index (χ1) is 9.68. The summed E-state index contributed by atoms with van der Waals surface area (Å²) in [5.41, 5.74) is 6.89. The summed E-state index contributed by atoms with van der Waals surface area (Å²) in [6.45, 7) is 0. The Bertz CT molecular complexity index is 770. The molecule has 0 unspecified atom stereocenters. The first-order valence-corrected chi connectivity index (χ1v) is 6.35. The van der Waals surface area contributed by atoms with E-state index < -0.39 is 0 Å². The number of aromatic nitrogens is 5. The molecule has 0 aliphatic heterocycles. The smallest absolute Gasteiger partial charge is 0.190 e. The van der Waals surface area contributed by atoms with Crippen molar-refractivity contribution in [2.75, 3.05) is 5.73 Å². The van der Waals surface area contributed by atoms with Crippen molar-refractivity contribution in [3.05, 3.63) is 47.0 Å². The third kappa shape index (κ3) is 2.09. The van der Waals surface area contributed by atoms with E-state index in [4.69, 9.17) is 28.9 Å². The largest absolute Gasteiger partial charge is 0.382 e. The molecule has 0 bridgehead atoms. The average molecular weight is 307 g/mol. The van der Waals surface area contributed by atoms with Crippen LogP contribution in [-0.2, 0) is 0 Å². The van der Waals surface area contributed by atoms with Crippen molar-refractivity contribution < 1.29 is 0 Å². The van der Waals surface area contributed by atoms with Gasteiger partial charge in [-0.05, 0) is 12.1 Å². The zero-order valence-electron chi connectivity index (χ0n) is 10.0. The quantitative estimate of drug-likeness (QED) is 0.787. The highest BCUT2D eigenvalue weighted by Gasteiger charge is 2.16. The molecule has 8 heteroatoms. The Balaban J connectivity index is 2.21. The molecule has 0 aliphatic carbocycles. The number of benzene rings is 1. The molecular formula is C12H8Cl2N6. The first kappa shape index (κ1) is 12.8. The van der Waals surface area contributed by atoms with E-state index in [0.29, 0.717) is 27.3 Å². The van der Waals surface area contributed by atoms with Crippen molar-refractivity contribution >= 4 is 29.0 Å². The second-order valence-corrected chi connectivity index (χ2v) is 4.67. The van der Waals surface area contributed by atoms with Crippen molar-refractivity contribution in [3.8, 4) is 17.2 Å². The molecule has 0 amide bonds. The van der Waals surface area contributed by atoms with Gasteiger partial charge in [0.15, 0.2) is 17.3 Å². The molecule has 20 heavy (non-hydrogen) atoms. The zero-order valence-corrected chi connectivity index (χ0v) is 11.5. The first-order valence-electron chi connectivity index (χ1n) is 5.59. The van der Waals surface area contributed by atoms with Crippen LogP contribution in [0.25, 0.3) is 17.2 Å². The molecule has 3 rings (SSSR count). The summed E-state index contributed by atoms with van der Waals surface area (Å²) < 4.78 is 1.66. The van der Waals surface area contributed by atoms with Gasteiger partial charge in [-0.1, -0.05) is 29.3 Å². The van der Waals surface area contributed by atoms with Crippen molar-refractivity contribution in [2.24, 2.45) is 0 Å². The van der Waals surface area contributed by atoms with Crippen molar-refractivity contribution in [1.29, 1.82) is 0 Å². The maximum absolute atomic E-state index is 6.21. The summed E-state index contributed by atoms with van der Waals surface area (Å²) in [4.78, 5) is 8.16. The summed E-state index contributed by atoms with van der Waals surface area (Å²) in [5.74, 6) is 0.708. The molecule has 0 saturated heterocycles. The van der Waals surface area contributed by atoms with Gasteiger partial charge < -0.3 is 5.73 Å². The number of rotatable bonds is 2. The topological polar surface area (TPSA) is 82.5 Å². The van der Waals surface area contributed by atoms with E-state index in [9.17, 15) is 0 Å². The van der Waals surface area contributed by atoms with Crippen LogP contribution in [0.15, 0.2) is 36.9 Å². The molecule has 2 heterocycles. The third-order valence-electron chi connectivity index (χ3n) is 2.68. The number of hydrogen-bond donors (Lipinski definition) is 1. The minimum Gasteiger partial charge on any atom is -0.382 e. The van der Waals surface area contributed by atoms with Crippen LogP contribution in [0.4, 0.5) is 5.82 Å². The van der Waals surface area contributed by atoms with Gasteiger partial charge in [0.2, 0.25) is 0 Å². The summed E-state index contributed by atoms with van der Waals surface area (Å²) >= 11 is 12.2. The van der Waals surface area contributed by atoms with Crippen molar-refractivity contribution in [3.63, 3.8) is 0 Å². The minimum absolute atomic E-state index is 0.264. The summed E-state index contributed by atoms with van der Waals surface area (Å²) in [6, 6.07) is 5.29. The second-order valence-electron chi connectivity index (χ2n) is 3.89. The molecular weight excluding hydrogens is 299 g/mol. The van der Waals surface area contributed by atoms with Crippen LogP contribution < -0.4 is 5.73 Å². The molecule has 6 nitrogen and oxygen atoms in total. The van der Waals surface area contributed by atoms with E-state index in [2.05, 4.69) is 20.2 Å². The van der Waals surface area contributed by atoms with Gasteiger partial charge in [0.1, 0.15) is 6.33 Å². The van der Waals surface area contributed by atoms with Gasteiger partial charge in [-0.25, -0.2) is 9.97 Å². The molecule has 0 spiro atoms. The lowest BCUT2D eigenvalue weighted by Gasteiger charge is -2.09. The second kappa shape index (κ2) is 5.07. The van der Waals surface area contributed by atoms with Crippen LogP contribution in [0.1, 0.15) is 0 Å². The van der Waals surface area contributed by atoms with E-state index in [1.54, 1.807) is 22.8 Å². The lowest BCUT2D eigenvalue weighted by Crippen LogP contribution is -2.03. The Morgan fingerprint density at radius 1 is 1.10 bits per heavy atom. The van der Waals surface area contributed by atoms with E-state index in [0.717, 1.165) is 0 Å². The van der Waals surface area contributed by atoms with Crippen molar-refractivity contribution in [2.45, 2.75) is 0 Å². The number of nitrogens with zero attached hydrogens (tertiary/aromatic N) is 5. The molecule has 2 N–H and O–H groups in total. The highest BCUT2D eigenvalue weighted by Crippen LogP contribution is 2.31. The van der Waals surface area contributed by atoms with Crippen molar-refractivity contribution in [1.82, 2.24) is 24.7 Å². The predicted molar refractivity (Wildman–Crippen MR) is 76.8 cm³/mol. The molecule has 2 aromatic heterocycles. The number of nitrogens with two attached hydrogens (primary N) is 1. The molecule has 0 saturated carbocycles. The fourth-order valence-electron chi connectivity index (χ4n) is 1.77. The molecule has 0 aliphatic rings. The van der Waals surface area contributed by atoms with E-state index >= 15 is 0 Å². The van der Waals surface area contributed by atoms with Gasteiger partial charge in [-0.15, -0.1) is 10.2 Å². The molecule has 0 fully saturated rings. The summed E-state index contributed by atoms with van der Waals surface area (Å²) in [6.07, 6.45) is 4.55. The Labute approximate surface area is 124 Å². The van der Waals surface area contributed by atoms with Crippen LogP contribution in [-0.4, -0.2) is 24.7 Å². The fraction of sp³-hybridized carbons (Fsp3) is 0. The molecule has 0 atom stereocenters. The van der Waals surface area contributed by atoms with Crippen LogP contribution in [0.3, 0.4) is 0 Å². The lowest BCUT2D eigenvalue weighted by molar-refractivity contribution is 1.04. The SMILES string of the molecule is Nc1nccnc1-c1nncn1-c1cccc(Cl)c1Cl. The van der Waals surface area contributed by atoms with Gasteiger partial charge in [-0.2, -0.15) is 0 Å². The number of anilines is 1. The summed E-state index contributed by atoms with van der Waals surface area (Å²) in [5, 5.41) is 8.74. The van der Waals surface area contributed by atoms with E-state index in [1.165, 1.54) is 18.7 Å². The van der Waals surface area contributed by atoms with Gasteiger partial charge in [0.25, 0.3) is 0 Å². The van der Waals surface area contributed by atoms with Crippen LogP contribution >= 0.6 is 23.2 Å². The number of nitrogen functional groups attached to an aromatic ring is 1. The average Bonchev–Trinajstić information content (AvgIpc) is 2.91. The van der Waals surface area contributed by atoms with Crippen LogP contribution in [0, 0.1) is 0 Å². The van der Waals surface area contributed by atoms with Gasteiger partial charge in [-0.3, -0.25) is 4.57 Å². The van der Waals surface area contributed by atoms with E-state index in [1.807, 2.05) is 0 Å². The third-order valence-corrected chi connectivity index (χ3v) is 3.49. The molecule has 1 aromatic carbocycles. The van der Waals surface area contributed by atoms with Gasteiger partial charge in [0, 0.05) is 12.4 Å².